The highest BCUT2D eigenvalue weighted by atomic mass is 32.2. The first-order valence-corrected chi connectivity index (χ1v) is 7.97. The van der Waals surface area contributed by atoms with E-state index >= 15 is 0 Å². The van der Waals surface area contributed by atoms with Crippen molar-refractivity contribution in [2.45, 2.75) is 39.2 Å². The quantitative estimate of drug-likeness (QED) is 0.838. The molecule has 0 aromatic heterocycles. The van der Waals surface area contributed by atoms with Crippen LogP contribution in [0.1, 0.15) is 33.1 Å². The fourth-order valence-corrected chi connectivity index (χ4v) is 3.02. The Hall–Kier alpha value is -0.220. The second-order valence-electron chi connectivity index (χ2n) is 5.41. The molecule has 1 aliphatic heterocycles. The second kappa shape index (κ2) is 7.27. The minimum Gasteiger partial charge on any atom is -0.341 e. The molecule has 3 nitrogen and oxygen atoms in total. The Labute approximate surface area is 109 Å². The van der Waals surface area contributed by atoms with Crippen LogP contribution in [0.15, 0.2) is 0 Å². The smallest absolute Gasteiger partial charge is 0.239 e. The number of nitrogens with zero attached hydrogens (tertiary/aromatic N) is 1. The number of hydrogen-bond donors (Lipinski definition) is 1. The summed E-state index contributed by atoms with van der Waals surface area (Å²) in [5, 5.41) is 0. The van der Waals surface area contributed by atoms with E-state index in [1.165, 1.54) is 6.42 Å². The number of amides is 1. The third-order valence-electron chi connectivity index (χ3n) is 3.49. The van der Waals surface area contributed by atoms with E-state index in [1.807, 2.05) is 11.2 Å². The van der Waals surface area contributed by atoms with Gasteiger partial charge >= 0.3 is 0 Å². The maximum atomic E-state index is 12.2. The SMILES string of the molecule is CSCC[C@H](N)C(=O)N1CC[C@H](C)C[C@@H](C)C1. The van der Waals surface area contributed by atoms with Gasteiger partial charge in [-0.25, -0.2) is 0 Å². The summed E-state index contributed by atoms with van der Waals surface area (Å²) in [6.45, 7) is 6.28. The van der Waals surface area contributed by atoms with Crippen molar-refractivity contribution in [2.75, 3.05) is 25.1 Å². The van der Waals surface area contributed by atoms with Crippen LogP contribution in [0, 0.1) is 11.8 Å². The zero-order chi connectivity index (χ0) is 12.8. The summed E-state index contributed by atoms with van der Waals surface area (Å²) >= 11 is 1.75. The largest absolute Gasteiger partial charge is 0.341 e. The van der Waals surface area contributed by atoms with Gasteiger partial charge in [-0.1, -0.05) is 13.8 Å². The molecule has 1 aliphatic rings. The molecule has 2 N–H and O–H groups in total. The van der Waals surface area contributed by atoms with Gasteiger partial charge in [0, 0.05) is 13.1 Å². The fourth-order valence-electron chi connectivity index (χ4n) is 2.53. The molecule has 1 heterocycles. The molecule has 0 radical (unpaired) electrons. The van der Waals surface area contributed by atoms with Gasteiger partial charge in [0.1, 0.15) is 0 Å². The van der Waals surface area contributed by atoms with Gasteiger partial charge in [-0.05, 0) is 43.1 Å². The minimum absolute atomic E-state index is 0.153. The summed E-state index contributed by atoms with van der Waals surface area (Å²) in [7, 11) is 0. The highest BCUT2D eigenvalue weighted by molar-refractivity contribution is 7.98. The van der Waals surface area contributed by atoms with Crippen LogP contribution in [0.25, 0.3) is 0 Å². The van der Waals surface area contributed by atoms with Crippen molar-refractivity contribution in [2.24, 2.45) is 17.6 Å². The molecule has 1 saturated heterocycles. The van der Waals surface area contributed by atoms with Crippen LogP contribution in [-0.4, -0.2) is 41.9 Å². The number of likely N-dealkylation sites (tertiary alicyclic amines) is 1. The summed E-state index contributed by atoms with van der Waals surface area (Å²) in [5.41, 5.74) is 5.96. The molecule has 0 aromatic rings. The summed E-state index contributed by atoms with van der Waals surface area (Å²) in [4.78, 5) is 14.2. The molecule has 0 aliphatic carbocycles. The highest BCUT2D eigenvalue weighted by Gasteiger charge is 2.25. The average Bonchev–Trinajstić information content (AvgIpc) is 2.46. The molecule has 4 heteroatoms. The molecule has 17 heavy (non-hydrogen) atoms. The predicted octanol–water partition coefficient (Wildman–Crippen LogP) is 1.96. The van der Waals surface area contributed by atoms with Crippen molar-refractivity contribution in [3.63, 3.8) is 0 Å². The summed E-state index contributed by atoms with van der Waals surface area (Å²) in [5.74, 6) is 2.45. The molecule has 0 unspecified atom stereocenters. The van der Waals surface area contributed by atoms with Crippen LogP contribution >= 0.6 is 11.8 Å². The van der Waals surface area contributed by atoms with Crippen molar-refractivity contribution < 1.29 is 4.79 Å². The van der Waals surface area contributed by atoms with Crippen molar-refractivity contribution in [3.8, 4) is 0 Å². The number of carbonyl (C=O) groups excluding carboxylic acids is 1. The Morgan fingerprint density at radius 3 is 2.82 bits per heavy atom. The van der Waals surface area contributed by atoms with Gasteiger partial charge in [-0.15, -0.1) is 0 Å². The van der Waals surface area contributed by atoms with Gasteiger partial charge in [-0.2, -0.15) is 11.8 Å². The van der Waals surface area contributed by atoms with E-state index in [9.17, 15) is 4.79 Å². The number of hydrogen-bond acceptors (Lipinski definition) is 3. The molecule has 0 aromatic carbocycles. The Morgan fingerprint density at radius 1 is 1.47 bits per heavy atom. The van der Waals surface area contributed by atoms with E-state index in [0.29, 0.717) is 5.92 Å². The van der Waals surface area contributed by atoms with Gasteiger partial charge in [-0.3, -0.25) is 4.79 Å². The van der Waals surface area contributed by atoms with E-state index in [4.69, 9.17) is 5.73 Å². The average molecular weight is 258 g/mol. The second-order valence-corrected chi connectivity index (χ2v) is 6.39. The van der Waals surface area contributed by atoms with Gasteiger partial charge in [0.15, 0.2) is 0 Å². The van der Waals surface area contributed by atoms with E-state index < -0.39 is 0 Å². The topological polar surface area (TPSA) is 46.3 Å². The van der Waals surface area contributed by atoms with Crippen molar-refractivity contribution in [1.82, 2.24) is 4.90 Å². The van der Waals surface area contributed by atoms with Crippen molar-refractivity contribution in [1.29, 1.82) is 0 Å². The molecule has 0 bridgehead atoms. The van der Waals surface area contributed by atoms with Crippen molar-refractivity contribution in [3.05, 3.63) is 0 Å². The van der Waals surface area contributed by atoms with Crippen LogP contribution in [0.3, 0.4) is 0 Å². The summed E-state index contributed by atoms with van der Waals surface area (Å²) < 4.78 is 0. The van der Waals surface area contributed by atoms with Gasteiger partial charge in [0.05, 0.1) is 6.04 Å². The number of thioether (sulfide) groups is 1. The first-order chi connectivity index (χ1) is 8.04. The third-order valence-corrected chi connectivity index (χ3v) is 4.13. The van der Waals surface area contributed by atoms with Gasteiger partial charge in [0.2, 0.25) is 5.91 Å². The van der Waals surface area contributed by atoms with Crippen LogP contribution in [0.4, 0.5) is 0 Å². The summed E-state index contributed by atoms with van der Waals surface area (Å²) in [6.07, 6.45) is 5.18. The first kappa shape index (κ1) is 14.8. The maximum absolute atomic E-state index is 12.2. The number of nitrogens with two attached hydrogens (primary N) is 1. The number of carbonyl (C=O) groups is 1. The molecule has 0 spiro atoms. The molecule has 1 rings (SSSR count). The summed E-state index contributed by atoms with van der Waals surface area (Å²) in [6, 6.07) is -0.303. The lowest BCUT2D eigenvalue weighted by molar-refractivity contribution is -0.133. The number of rotatable bonds is 4. The molecular formula is C13H26N2OS. The van der Waals surface area contributed by atoms with Crippen LogP contribution in [0.5, 0.6) is 0 Å². The minimum atomic E-state index is -0.303. The normalized spacial score (nSPS) is 27.6. The molecular weight excluding hydrogens is 232 g/mol. The molecule has 1 fully saturated rings. The van der Waals surface area contributed by atoms with Crippen LogP contribution in [-0.2, 0) is 4.79 Å². The zero-order valence-electron chi connectivity index (χ0n) is 11.3. The van der Waals surface area contributed by atoms with Crippen LogP contribution in [0.2, 0.25) is 0 Å². The monoisotopic (exact) mass is 258 g/mol. The lowest BCUT2D eigenvalue weighted by Crippen LogP contribution is -2.45. The zero-order valence-corrected chi connectivity index (χ0v) is 12.1. The highest BCUT2D eigenvalue weighted by Crippen LogP contribution is 2.21. The maximum Gasteiger partial charge on any atom is 0.239 e. The molecule has 3 atom stereocenters. The Bertz CT molecular complexity index is 248. The van der Waals surface area contributed by atoms with Crippen LogP contribution < -0.4 is 5.73 Å². The molecule has 0 saturated carbocycles. The van der Waals surface area contributed by atoms with Crippen molar-refractivity contribution >= 4 is 17.7 Å². The predicted molar refractivity (Wildman–Crippen MR) is 75.1 cm³/mol. The lowest BCUT2D eigenvalue weighted by Gasteiger charge is -2.25. The fraction of sp³-hybridized carbons (Fsp3) is 0.923. The Morgan fingerprint density at radius 2 is 2.18 bits per heavy atom. The van der Waals surface area contributed by atoms with Gasteiger partial charge in [0.25, 0.3) is 0 Å². The lowest BCUT2D eigenvalue weighted by atomic mass is 9.97. The molecule has 1 amide bonds. The Kier molecular flexibility index (Phi) is 6.34. The molecule has 100 valence electrons. The third kappa shape index (κ3) is 4.88. The first-order valence-electron chi connectivity index (χ1n) is 6.58. The Balaban J connectivity index is 2.49. The van der Waals surface area contributed by atoms with E-state index in [2.05, 4.69) is 13.8 Å². The standard InChI is InChI=1S/C13H26N2OS/c1-10-4-6-15(9-11(2)8-10)13(16)12(14)5-7-17-3/h10-12H,4-9,14H2,1-3H3/t10-,11+,12-/m0/s1. The van der Waals surface area contributed by atoms with E-state index in [1.54, 1.807) is 11.8 Å². The van der Waals surface area contributed by atoms with E-state index in [-0.39, 0.29) is 11.9 Å². The van der Waals surface area contributed by atoms with E-state index in [0.717, 1.165) is 37.6 Å². The van der Waals surface area contributed by atoms with Gasteiger partial charge < -0.3 is 10.6 Å².